The molecule has 0 unspecified atom stereocenters. The molecule has 148 valence electrons. The molecule has 2 fully saturated rings. The van der Waals surface area contributed by atoms with Gasteiger partial charge in [0.1, 0.15) is 5.52 Å². The first-order valence-electron chi connectivity index (χ1n) is 10.1. The fourth-order valence-corrected chi connectivity index (χ4v) is 4.64. The molecular formula is C20H25N5O3. The minimum absolute atomic E-state index is 0.545. The van der Waals surface area contributed by atoms with Crippen molar-refractivity contribution in [3.8, 4) is 0 Å². The van der Waals surface area contributed by atoms with Gasteiger partial charge in [0.15, 0.2) is 5.52 Å². The molecule has 5 rings (SSSR count). The summed E-state index contributed by atoms with van der Waals surface area (Å²) >= 11 is 0. The van der Waals surface area contributed by atoms with Crippen LogP contribution in [0.5, 0.6) is 0 Å². The average molecular weight is 383 g/mol. The van der Waals surface area contributed by atoms with Crippen LogP contribution in [0, 0.1) is 5.92 Å². The molecule has 0 bridgehead atoms. The topological polar surface area (TPSA) is 85.9 Å². The van der Waals surface area contributed by atoms with Gasteiger partial charge >= 0.3 is 6.09 Å². The maximum atomic E-state index is 11.3. The highest BCUT2D eigenvalue weighted by atomic mass is 16.6. The van der Waals surface area contributed by atoms with Crippen LogP contribution in [0.4, 0.5) is 10.5 Å². The summed E-state index contributed by atoms with van der Waals surface area (Å²) in [5, 5.41) is 17.5. The van der Waals surface area contributed by atoms with Crippen molar-refractivity contribution in [1.29, 1.82) is 0 Å². The van der Waals surface area contributed by atoms with Crippen LogP contribution in [-0.2, 0) is 0 Å². The van der Waals surface area contributed by atoms with Gasteiger partial charge in [0.25, 0.3) is 0 Å². The van der Waals surface area contributed by atoms with Gasteiger partial charge in [-0.1, -0.05) is 0 Å². The summed E-state index contributed by atoms with van der Waals surface area (Å²) in [4.78, 5) is 17.6. The molecule has 0 atom stereocenters. The van der Waals surface area contributed by atoms with Gasteiger partial charge in [-0.05, 0) is 72.4 Å². The molecule has 0 aliphatic carbocycles. The van der Waals surface area contributed by atoms with Gasteiger partial charge in [-0.2, -0.15) is 0 Å². The van der Waals surface area contributed by atoms with E-state index in [1.807, 2.05) is 6.07 Å². The lowest BCUT2D eigenvalue weighted by Gasteiger charge is -2.42. The van der Waals surface area contributed by atoms with Crippen molar-refractivity contribution < 1.29 is 14.5 Å². The number of likely N-dealkylation sites (tertiary alicyclic amines) is 1. The largest absolute Gasteiger partial charge is 0.465 e. The van der Waals surface area contributed by atoms with Gasteiger partial charge in [-0.25, -0.2) is 9.42 Å². The maximum Gasteiger partial charge on any atom is 0.411 e. The average Bonchev–Trinajstić information content (AvgIpc) is 3.35. The quantitative estimate of drug-likeness (QED) is 0.869. The number of rotatable bonds is 4. The Bertz CT molecular complexity index is 912. The summed E-state index contributed by atoms with van der Waals surface area (Å²) in [5.41, 5.74) is 4.58. The van der Waals surface area contributed by atoms with E-state index < -0.39 is 6.09 Å². The first-order chi connectivity index (χ1) is 13.7. The molecule has 8 heteroatoms. The van der Waals surface area contributed by atoms with E-state index in [-0.39, 0.29) is 0 Å². The summed E-state index contributed by atoms with van der Waals surface area (Å²) in [5.74, 6) is 0.688. The van der Waals surface area contributed by atoms with E-state index in [9.17, 15) is 9.90 Å². The van der Waals surface area contributed by atoms with E-state index in [1.165, 1.54) is 37.4 Å². The SMILES string of the molecule is O=C(O)N1C=C(c2cc(N3CC(CN4CCCC4)C3)c3nonc3c2)CCC1. The van der Waals surface area contributed by atoms with Crippen molar-refractivity contribution in [2.45, 2.75) is 25.7 Å². The number of nitrogens with zero attached hydrogens (tertiary/aromatic N) is 5. The number of fused-ring (bicyclic) bond motifs is 1. The van der Waals surface area contributed by atoms with Crippen molar-refractivity contribution in [3.63, 3.8) is 0 Å². The summed E-state index contributed by atoms with van der Waals surface area (Å²) in [6.07, 6.45) is 5.17. The molecule has 0 saturated carbocycles. The molecule has 1 N–H and O–H groups in total. The second-order valence-corrected chi connectivity index (χ2v) is 8.14. The fraction of sp³-hybridized carbons (Fsp3) is 0.550. The summed E-state index contributed by atoms with van der Waals surface area (Å²) in [7, 11) is 0. The van der Waals surface area contributed by atoms with E-state index in [0.717, 1.165) is 53.8 Å². The maximum absolute atomic E-state index is 11.3. The lowest BCUT2D eigenvalue weighted by atomic mass is 9.95. The van der Waals surface area contributed by atoms with Crippen LogP contribution in [0.3, 0.4) is 0 Å². The number of hydrogen-bond acceptors (Lipinski definition) is 6. The van der Waals surface area contributed by atoms with Gasteiger partial charge in [0, 0.05) is 38.3 Å². The second-order valence-electron chi connectivity index (χ2n) is 8.14. The van der Waals surface area contributed by atoms with Crippen LogP contribution < -0.4 is 4.90 Å². The zero-order chi connectivity index (χ0) is 19.1. The van der Waals surface area contributed by atoms with Crippen LogP contribution >= 0.6 is 0 Å². The van der Waals surface area contributed by atoms with Crippen molar-refractivity contribution in [2.75, 3.05) is 44.2 Å². The molecule has 4 heterocycles. The number of hydrogen-bond donors (Lipinski definition) is 1. The number of carboxylic acid groups (broad SMARTS) is 1. The molecule has 28 heavy (non-hydrogen) atoms. The van der Waals surface area contributed by atoms with Gasteiger partial charge in [0.2, 0.25) is 0 Å². The van der Waals surface area contributed by atoms with Crippen molar-refractivity contribution in [3.05, 3.63) is 23.9 Å². The van der Waals surface area contributed by atoms with E-state index in [4.69, 9.17) is 4.63 Å². The van der Waals surface area contributed by atoms with Crippen LogP contribution in [0.2, 0.25) is 0 Å². The molecule has 2 saturated heterocycles. The standard InChI is InChI=1S/C20H25N5O3/c26-20(27)24-7-3-4-15(13-24)16-8-17-19(22-28-21-17)18(9-16)25-11-14(12-25)10-23-5-1-2-6-23/h8-9,13-14H,1-7,10-12H2,(H,26,27). The Labute approximate surface area is 163 Å². The van der Waals surface area contributed by atoms with E-state index >= 15 is 0 Å². The molecule has 8 nitrogen and oxygen atoms in total. The Balaban J connectivity index is 1.39. The van der Waals surface area contributed by atoms with Crippen molar-refractivity contribution in [1.82, 2.24) is 20.1 Å². The zero-order valence-electron chi connectivity index (χ0n) is 15.9. The second kappa shape index (κ2) is 7.09. The highest BCUT2D eigenvalue weighted by Crippen LogP contribution is 2.36. The third-order valence-electron chi connectivity index (χ3n) is 6.13. The van der Waals surface area contributed by atoms with Crippen LogP contribution in [0.1, 0.15) is 31.2 Å². The van der Waals surface area contributed by atoms with E-state index in [1.54, 1.807) is 6.20 Å². The lowest BCUT2D eigenvalue weighted by Crippen LogP contribution is -2.51. The van der Waals surface area contributed by atoms with Gasteiger partial charge in [-0.3, -0.25) is 4.90 Å². The molecule has 1 amide bonds. The summed E-state index contributed by atoms with van der Waals surface area (Å²) < 4.78 is 5.00. The fourth-order valence-electron chi connectivity index (χ4n) is 4.64. The van der Waals surface area contributed by atoms with E-state index in [0.29, 0.717) is 12.5 Å². The molecule has 1 aromatic carbocycles. The van der Waals surface area contributed by atoms with Gasteiger partial charge in [-0.15, -0.1) is 0 Å². The van der Waals surface area contributed by atoms with Gasteiger partial charge < -0.3 is 14.9 Å². The molecule has 2 aromatic rings. The number of anilines is 1. The Hall–Kier alpha value is -2.61. The van der Waals surface area contributed by atoms with Crippen LogP contribution in [0.15, 0.2) is 23.0 Å². The first-order valence-corrected chi connectivity index (χ1v) is 10.1. The Morgan fingerprint density at radius 1 is 1.14 bits per heavy atom. The smallest absolute Gasteiger partial charge is 0.411 e. The third-order valence-corrected chi connectivity index (χ3v) is 6.13. The van der Waals surface area contributed by atoms with Crippen molar-refractivity contribution >= 4 is 28.4 Å². The predicted molar refractivity (Wildman–Crippen MR) is 105 cm³/mol. The lowest BCUT2D eigenvalue weighted by molar-refractivity contribution is 0.161. The normalized spacial score (nSPS) is 21.2. The van der Waals surface area contributed by atoms with Crippen LogP contribution in [0.25, 0.3) is 16.6 Å². The number of amides is 1. The molecule has 1 aromatic heterocycles. The zero-order valence-corrected chi connectivity index (χ0v) is 15.9. The van der Waals surface area contributed by atoms with E-state index in [2.05, 4.69) is 26.2 Å². The summed E-state index contributed by atoms with van der Waals surface area (Å²) in [6, 6.07) is 4.07. The molecule has 3 aliphatic rings. The Morgan fingerprint density at radius 3 is 2.75 bits per heavy atom. The van der Waals surface area contributed by atoms with Crippen LogP contribution in [-0.4, -0.2) is 70.6 Å². The number of benzene rings is 1. The molecule has 3 aliphatic heterocycles. The van der Waals surface area contributed by atoms with Crippen molar-refractivity contribution in [2.24, 2.45) is 5.92 Å². The Morgan fingerprint density at radius 2 is 1.96 bits per heavy atom. The molecular weight excluding hydrogens is 358 g/mol. The molecule has 0 radical (unpaired) electrons. The number of allylic oxidation sites excluding steroid dienone is 1. The monoisotopic (exact) mass is 383 g/mol. The third kappa shape index (κ3) is 3.22. The Kier molecular flexibility index (Phi) is 4.43. The number of carbonyl (C=O) groups is 1. The highest BCUT2D eigenvalue weighted by Gasteiger charge is 2.31. The van der Waals surface area contributed by atoms with Gasteiger partial charge in [0.05, 0.1) is 5.69 Å². The minimum atomic E-state index is -0.908. The molecule has 0 spiro atoms. The predicted octanol–water partition coefficient (Wildman–Crippen LogP) is 2.87. The first kappa shape index (κ1) is 17.5. The highest BCUT2D eigenvalue weighted by molar-refractivity contribution is 5.92. The summed E-state index contributed by atoms with van der Waals surface area (Å²) in [6.45, 7) is 6.22. The number of aromatic nitrogens is 2. The minimum Gasteiger partial charge on any atom is -0.465 e.